The largest absolute Gasteiger partial charge is 0.354 e. The van der Waals surface area contributed by atoms with Gasteiger partial charge in [-0.15, -0.1) is 0 Å². The molecule has 0 bridgehead atoms. The van der Waals surface area contributed by atoms with E-state index in [1.54, 1.807) is 44.2 Å². The fourth-order valence-corrected chi connectivity index (χ4v) is 5.82. The molecule has 1 atom stereocenters. The van der Waals surface area contributed by atoms with Gasteiger partial charge in [0.1, 0.15) is 12.6 Å². The quantitative estimate of drug-likeness (QED) is 0.335. The van der Waals surface area contributed by atoms with Gasteiger partial charge in [0.05, 0.1) is 10.6 Å². The highest BCUT2D eigenvalue weighted by atomic mass is 35.5. The Kier molecular flexibility index (Phi) is 10.2. The molecule has 0 aliphatic heterocycles. The summed E-state index contributed by atoms with van der Waals surface area (Å²) in [6, 6.07) is 18.2. The minimum atomic E-state index is -4.13. The second-order valence-corrected chi connectivity index (χ2v) is 12.0. The van der Waals surface area contributed by atoms with E-state index in [-0.39, 0.29) is 17.3 Å². The molecule has 0 fully saturated rings. The predicted octanol–water partition coefficient (Wildman–Crippen LogP) is 5.40. The van der Waals surface area contributed by atoms with Crippen LogP contribution in [0.4, 0.5) is 5.69 Å². The second kappa shape index (κ2) is 13.1. The van der Waals surface area contributed by atoms with Crippen molar-refractivity contribution in [2.24, 2.45) is 0 Å². The fourth-order valence-electron chi connectivity index (χ4n) is 4.12. The van der Waals surface area contributed by atoms with Crippen molar-refractivity contribution in [1.29, 1.82) is 0 Å². The second-order valence-electron chi connectivity index (χ2n) is 9.73. The molecule has 39 heavy (non-hydrogen) atoms. The maximum Gasteiger partial charge on any atom is 0.264 e. The molecule has 0 saturated heterocycles. The Bertz CT molecular complexity index is 1410. The summed E-state index contributed by atoms with van der Waals surface area (Å²) in [5, 5.41) is 3.30. The van der Waals surface area contributed by atoms with Crippen molar-refractivity contribution in [3.05, 3.63) is 94.0 Å². The number of anilines is 1. The number of nitrogens with zero attached hydrogens (tertiary/aromatic N) is 2. The third-order valence-corrected chi connectivity index (χ3v) is 8.51. The summed E-state index contributed by atoms with van der Waals surface area (Å²) in [7, 11) is -4.13. The Morgan fingerprint density at radius 2 is 1.51 bits per heavy atom. The van der Waals surface area contributed by atoms with Crippen molar-refractivity contribution >= 4 is 39.1 Å². The Labute approximate surface area is 236 Å². The summed E-state index contributed by atoms with van der Waals surface area (Å²) in [4.78, 5) is 28.4. The molecular weight excluding hydrogens is 534 g/mol. The average molecular weight is 570 g/mol. The molecule has 0 radical (unpaired) electrons. The zero-order valence-corrected chi connectivity index (χ0v) is 24.6. The van der Waals surface area contributed by atoms with E-state index in [4.69, 9.17) is 11.6 Å². The summed E-state index contributed by atoms with van der Waals surface area (Å²) >= 11 is 6.16. The molecule has 0 heterocycles. The zero-order chi connectivity index (χ0) is 28.7. The van der Waals surface area contributed by atoms with Gasteiger partial charge in [-0.1, -0.05) is 66.0 Å². The molecule has 0 spiro atoms. The molecule has 3 aromatic carbocycles. The van der Waals surface area contributed by atoms with Gasteiger partial charge in [-0.2, -0.15) is 0 Å². The van der Waals surface area contributed by atoms with Crippen LogP contribution >= 0.6 is 11.6 Å². The molecule has 1 N–H and O–H groups in total. The van der Waals surface area contributed by atoms with Crippen molar-refractivity contribution in [2.45, 2.75) is 58.5 Å². The Hall–Kier alpha value is -3.36. The first kappa shape index (κ1) is 30.2. The molecule has 208 valence electrons. The number of sulfonamides is 1. The van der Waals surface area contributed by atoms with Crippen molar-refractivity contribution in [1.82, 2.24) is 10.2 Å². The van der Waals surface area contributed by atoms with Gasteiger partial charge in [0.2, 0.25) is 11.8 Å². The molecule has 0 aromatic heterocycles. The van der Waals surface area contributed by atoms with Crippen LogP contribution in [0.25, 0.3) is 0 Å². The summed E-state index contributed by atoms with van der Waals surface area (Å²) in [6.45, 7) is 9.33. The number of hydrogen-bond acceptors (Lipinski definition) is 4. The number of carbonyl (C=O) groups is 2. The number of benzene rings is 3. The van der Waals surface area contributed by atoms with E-state index in [1.807, 2.05) is 45.0 Å². The van der Waals surface area contributed by atoms with Crippen molar-refractivity contribution in [3.8, 4) is 0 Å². The van der Waals surface area contributed by atoms with E-state index in [9.17, 15) is 18.0 Å². The topological polar surface area (TPSA) is 86.8 Å². The van der Waals surface area contributed by atoms with Crippen LogP contribution in [0.5, 0.6) is 0 Å². The number of amides is 2. The first-order valence-electron chi connectivity index (χ1n) is 12.9. The predicted molar refractivity (Wildman–Crippen MR) is 156 cm³/mol. The van der Waals surface area contributed by atoms with Gasteiger partial charge in [-0.3, -0.25) is 13.9 Å². The molecule has 0 aliphatic rings. The number of hydrogen-bond donors (Lipinski definition) is 1. The van der Waals surface area contributed by atoms with Crippen molar-refractivity contribution in [2.75, 3.05) is 17.4 Å². The van der Waals surface area contributed by atoms with Crippen LogP contribution in [0, 0.1) is 20.8 Å². The van der Waals surface area contributed by atoms with Crippen LogP contribution in [-0.2, 0) is 26.2 Å². The van der Waals surface area contributed by atoms with Crippen LogP contribution < -0.4 is 9.62 Å². The van der Waals surface area contributed by atoms with Gasteiger partial charge in [-0.25, -0.2) is 8.42 Å². The highest BCUT2D eigenvalue weighted by molar-refractivity contribution is 7.92. The minimum absolute atomic E-state index is 0.0640. The van der Waals surface area contributed by atoms with E-state index < -0.39 is 28.5 Å². The van der Waals surface area contributed by atoms with Crippen molar-refractivity contribution in [3.63, 3.8) is 0 Å². The Balaban J connectivity index is 2.05. The first-order chi connectivity index (χ1) is 18.4. The van der Waals surface area contributed by atoms with Gasteiger partial charge in [-0.05, 0) is 75.6 Å². The van der Waals surface area contributed by atoms with Crippen LogP contribution in [-0.4, -0.2) is 44.3 Å². The van der Waals surface area contributed by atoms with Crippen LogP contribution in [0.15, 0.2) is 71.6 Å². The summed E-state index contributed by atoms with van der Waals surface area (Å²) < 4.78 is 28.9. The lowest BCUT2D eigenvalue weighted by atomic mass is 10.1. The van der Waals surface area contributed by atoms with Gasteiger partial charge in [0, 0.05) is 18.1 Å². The maximum atomic E-state index is 13.9. The van der Waals surface area contributed by atoms with E-state index >= 15 is 0 Å². The first-order valence-corrected chi connectivity index (χ1v) is 14.7. The van der Waals surface area contributed by atoms with Crippen LogP contribution in [0.3, 0.4) is 0 Å². The van der Waals surface area contributed by atoms with Gasteiger partial charge >= 0.3 is 0 Å². The Morgan fingerprint density at radius 3 is 2.08 bits per heavy atom. The fraction of sp³-hybridized carbons (Fsp3) is 0.333. The molecule has 0 unspecified atom stereocenters. The third-order valence-electron chi connectivity index (χ3n) is 6.51. The standard InChI is InChI=1S/C30H36ClN3O4S/c1-6-17-32-30(36)24(5)33(19-25-11-7-21(2)8-12-25)29(35)20-34(28-16-13-26(31)18-23(28)4)39(37,38)27-14-9-22(3)10-15-27/h7-16,18,24H,6,17,19-20H2,1-5H3,(H,32,36)/t24-/m0/s1. The molecule has 0 saturated carbocycles. The van der Waals surface area contributed by atoms with Crippen LogP contribution in [0.1, 0.15) is 42.5 Å². The number of rotatable bonds is 11. The minimum Gasteiger partial charge on any atom is -0.354 e. The van der Waals surface area contributed by atoms with Gasteiger partial charge < -0.3 is 10.2 Å². The molecule has 3 rings (SSSR count). The SMILES string of the molecule is CCCNC(=O)[C@H](C)N(Cc1ccc(C)cc1)C(=O)CN(c1ccc(Cl)cc1C)S(=O)(=O)c1ccc(C)cc1. The van der Waals surface area contributed by atoms with Crippen LogP contribution in [0.2, 0.25) is 5.02 Å². The van der Waals surface area contributed by atoms with Crippen molar-refractivity contribution < 1.29 is 18.0 Å². The normalized spacial score (nSPS) is 12.1. The van der Waals surface area contributed by atoms with Gasteiger partial charge in [0.15, 0.2) is 0 Å². The monoisotopic (exact) mass is 569 g/mol. The van der Waals surface area contributed by atoms with Gasteiger partial charge in [0.25, 0.3) is 10.0 Å². The van der Waals surface area contributed by atoms with E-state index in [2.05, 4.69) is 5.32 Å². The molecule has 2 amide bonds. The molecule has 0 aliphatic carbocycles. The third kappa shape index (κ3) is 7.61. The summed E-state index contributed by atoms with van der Waals surface area (Å²) in [5.74, 6) is -0.798. The number of nitrogens with one attached hydrogen (secondary N) is 1. The number of carbonyl (C=O) groups excluding carboxylic acids is 2. The smallest absolute Gasteiger partial charge is 0.264 e. The molecular formula is C30H36ClN3O4S. The molecule has 7 nitrogen and oxygen atoms in total. The molecule has 3 aromatic rings. The van der Waals surface area contributed by atoms with E-state index in [1.165, 1.54) is 17.0 Å². The lowest BCUT2D eigenvalue weighted by Gasteiger charge is -2.32. The highest BCUT2D eigenvalue weighted by Crippen LogP contribution is 2.29. The zero-order valence-electron chi connectivity index (χ0n) is 23.1. The Morgan fingerprint density at radius 1 is 0.923 bits per heavy atom. The highest BCUT2D eigenvalue weighted by Gasteiger charge is 2.33. The number of halogens is 1. The lowest BCUT2D eigenvalue weighted by Crippen LogP contribution is -2.51. The lowest BCUT2D eigenvalue weighted by molar-refractivity contribution is -0.139. The molecule has 9 heteroatoms. The average Bonchev–Trinajstić information content (AvgIpc) is 2.90. The summed E-state index contributed by atoms with van der Waals surface area (Å²) in [5.41, 5.74) is 3.76. The summed E-state index contributed by atoms with van der Waals surface area (Å²) in [6.07, 6.45) is 0.753. The van der Waals surface area contributed by atoms with E-state index in [0.29, 0.717) is 22.8 Å². The van der Waals surface area contributed by atoms with E-state index in [0.717, 1.165) is 27.4 Å². The maximum absolute atomic E-state index is 13.9. The number of aryl methyl sites for hydroxylation is 3.